The van der Waals surface area contributed by atoms with E-state index in [9.17, 15) is 24.6 Å². The largest absolute Gasteiger partial charge is 0.507 e. The van der Waals surface area contributed by atoms with Crippen LogP contribution in [0, 0.1) is 24.7 Å². The minimum Gasteiger partial charge on any atom is -0.507 e. The highest BCUT2D eigenvalue weighted by Crippen LogP contribution is 2.42. The maximum absolute atomic E-state index is 14.4. The number of nitrogen functional groups attached to an aromatic ring is 1. The summed E-state index contributed by atoms with van der Waals surface area (Å²) in [4.78, 5) is 64.8. The van der Waals surface area contributed by atoms with Gasteiger partial charge < -0.3 is 64.9 Å². The van der Waals surface area contributed by atoms with Crippen LogP contribution in [0.5, 0.6) is 5.75 Å². The van der Waals surface area contributed by atoms with Crippen LogP contribution in [0.15, 0.2) is 70.7 Å². The molecule has 434 valence electrons. The molecule has 12 rings (SSSR count). The number of β-amino-alcohol motifs (C(OH)–C–C–N with tert-alkyl or cyclic N) is 1. The number of likely N-dealkylation sites (tertiary alicyclic amines) is 3. The molecular formula is C62H83N11O7S. The summed E-state index contributed by atoms with van der Waals surface area (Å²) in [7, 11) is 0. The van der Waals surface area contributed by atoms with Gasteiger partial charge in [-0.3, -0.25) is 14.4 Å². The smallest absolute Gasteiger partial charge is 0.243 e. The topological polar surface area (TPSA) is 213 Å². The Kier molecular flexibility index (Phi) is 16.3. The number of phenolic OH excluding ortho intramolecular Hbond substituents is 1. The number of anilines is 3. The number of benzene rings is 2. The predicted molar refractivity (Wildman–Crippen MR) is 314 cm³/mol. The molecule has 7 aliphatic rings. The number of amides is 3. The van der Waals surface area contributed by atoms with Crippen LogP contribution in [-0.2, 0) is 19.1 Å². The van der Waals surface area contributed by atoms with E-state index < -0.39 is 18.1 Å². The molecule has 6 N–H and O–H groups in total. The van der Waals surface area contributed by atoms with Crippen molar-refractivity contribution in [3.05, 3.63) is 83.2 Å². The van der Waals surface area contributed by atoms with Crippen molar-refractivity contribution in [3.63, 3.8) is 0 Å². The third kappa shape index (κ3) is 11.7. The van der Waals surface area contributed by atoms with Crippen LogP contribution in [0.4, 0.5) is 17.3 Å². The molecule has 19 heteroatoms. The van der Waals surface area contributed by atoms with Gasteiger partial charge in [0, 0.05) is 94.5 Å². The number of fused-ring (bicyclic) bond motifs is 2. The zero-order valence-electron chi connectivity index (χ0n) is 47.6. The molecule has 81 heavy (non-hydrogen) atoms. The number of rotatable bonds is 16. The molecule has 6 aliphatic heterocycles. The highest BCUT2D eigenvalue weighted by molar-refractivity contribution is 7.13. The normalized spacial score (nSPS) is 26.1. The minimum atomic E-state index is -0.799. The quantitative estimate of drug-likeness (QED) is 0.0639. The summed E-state index contributed by atoms with van der Waals surface area (Å²) in [6, 6.07) is 19.2. The molecule has 3 aromatic heterocycles. The van der Waals surface area contributed by atoms with Gasteiger partial charge in [-0.1, -0.05) is 55.4 Å². The third-order valence-electron chi connectivity index (χ3n) is 19.3. The number of aromatic nitrogens is 3. The molecule has 7 fully saturated rings. The number of hydrogen-bond acceptors (Lipinski definition) is 15. The van der Waals surface area contributed by atoms with Gasteiger partial charge in [0.15, 0.2) is 11.6 Å². The van der Waals surface area contributed by atoms with Crippen molar-refractivity contribution in [3.8, 4) is 27.4 Å². The number of piperidine rings is 3. The summed E-state index contributed by atoms with van der Waals surface area (Å²) in [5.41, 5.74) is 13.8. The molecule has 9 heterocycles. The number of aliphatic hydroxyl groups excluding tert-OH is 1. The van der Waals surface area contributed by atoms with E-state index in [2.05, 4.69) is 44.9 Å². The Hall–Kier alpha value is -5.99. The molecule has 1 saturated carbocycles. The van der Waals surface area contributed by atoms with E-state index in [4.69, 9.17) is 15.0 Å². The number of aromatic hydroxyl groups is 1. The van der Waals surface area contributed by atoms with Crippen LogP contribution in [0.3, 0.4) is 0 Å². The average Bonchev–Trinajstić information content (AvgIpc) is 4.42. The SMILES string of the molecule is Cc1ncsc1-c1ccc([C@H](C)NC(=O)[C@@H]2C[C@@H](O)CN2C(=O)[C@@H](c2cc(N3CCC(CN4CCC(OC5CC(N6CCC(C(=O)N7C8CCC7CN(c7cc(-c9ccccc9O)[nH]c7N)C8)CC6)C5)CC4)CC3)no2)C(C)C)cc1. The molecule has 2 unspecified atom stereocenters. The van der Waals surface area contributed by atoms with Crippen molar-refractivity contribution < 1.29 is 33.9 Å². The van der Waals surface area contributed by atoms with Crippen molar-refractivity contribution in [2.45, 2.75) is 153 Å². The summed E-state index contributed by atoms with van der Waals surface area (Å²) in [5, 5.41) is 28.8. The van der Waals surface area contributed by atoms with E-state index in [-0.39, 0.29) is 60.5 Å². The molecule has 18 nitrogen and oxygen atoms in total. The molecule has 5 aromatic rings. The van der Waals surface area contributed by atoms with Crippen LogP contribution in [0.1, 0.15) is 120 Å². The third-order valence-corrected chi connectivity index (χ3v) is 20.3. The zero-order chi connectivity index (χ0) is 56.1. The number of phenols is 1. The van der Waals surface area contributed by atoms with Crippen molar-refractivity contribution in [1.82, 2.24) is 40.0 Å². The number of aryl methyl sites for hydroxylation is 1. The van der Waals surface area contributed by atoms with E-state index in [1.165, 1.54) is 0 Å². The van der Waals surface area contributed by atoms with Crippen molar-refractivity contribution in [1.29, 1.82) is 0 Å². The van der Waals surface area contributed by atoms with E-state index >= 15 is 0 Å². The predicted octanol–water partition coefficient (Wildman–Crippen LogP) is 7.79. The van der Waals surface area contributed by atoms with E-state index in [0.717, 1.165) is 168 Å². The van der Waals surface area contributed by atoms with Crippen LogP contribution in [0.25, 0.3) is 21.7 Å². The van der Waals surface area contributed by atoms with Crippen molar-refractivity contribution in [2.24, 2.45) is 17.8 Å². The first-order valence-electron chi connectivity index (χ1n) is 30.2. The number of para-hydroxylation sites is 1. The number of carbonyl (C=O) groups is 3. The summed E-state index contributed by atoms with van der Waals surface area (Å²) >= 11 is 1.60. The standard InChI is InChI=1S/C62H83N11O7S/c1-37(2)57(62(78)72-35-47(74)29-53(72)60(76)65-38(3)41-9-11-42(12-10-41)58-39(4)64-36-81-58)55-31-56(67-80-55)70-23-15-40(16-24-70)32-68-21-19-48(20-22-68)79-49-27-46(28-49)69-25-17-43(18-26-69)61(77)73-44-13-14-45(73)34-71(33-44)52-30-51(66-59(52)63)50-7-5-6-8-54(50)75/h5-12,30-31,36-38,40,43-49,53,57,66,74-75H,13-29,32-35,63H2,1-4H3,(H,65,76)/t38-,44?,45?,46?,47+,49?,53-,57+/m0/s1. The summed E-state index contributed by atoms with van der Waals surface area (Å²) in [5.74, 6) is 1.81. The number of nitrogens with zero attached hydrogens (tertiary/aromatic N) is 8. The van der Waals surface area contributed by atoms with Crippen LogP contribution < -0.4 is 20.9 Å². The number of thiazole rings is 1. The molecule has 1 aliphatic carbocycles. The number of aliphatic hydroxyl groups is 1. The second kappa shape index (κ2) is 23.7. The Balaban J connectivity index is 0.545. The average molecular weight is 1130 g/mol. The van der Waals surface area contributed by atoms with Gasteiger partial charge in [0.2, 0.25) is 17.7 Å². The highest BCUT2D eigenvalue weighted by atomic mass is 32.1. The first-order valence-corrected chi connectivity index (χ1v) is 31.1. The Morgan fingerprint density at radius 1 is 0.840 bits per heavy atom. The lowest BCUT2D eigenvalue weighted by Gasteiger charge is -2.48. The molecule has 0 spiro atoms. The lowest BCUT2D eigenvalue weighted by molar-refractivity contribution is -0.142. The summed E-state index contributed by atoms with van der Waals surface area (Å²) in [6.45, 7) is 16.5. The van der Waals surface area contributed by atoms with Crippen LogP contribution in [-0.4, -0.2) is 171 Å². The highest BCUT2D eigenvalue weighted by Gasteiger charge is 2.47. The molecule has 2 bridgehead atoms. The minimum absolute atomic E-state index is 0.0885. The lowest BCUT2D eigenvalue weighted by Crippen LogP contribution is -2.58. The molecule has 3 amide bonds. The number of nitrogens with one attached hydrogen (secondary N) is 2. The first-order chi connectivity index (χ1) is 39.2. The fourth-order valence-electron chi connectivity index (χ4n) is 14.6. The van der Waals surface area contributed by atoms with Gasteiger partial charge in [0.05, 0.1) is 51.8 Å². The van der Waals surface area contributed by atoms with Crippen molar-refractivity contribution in [2.75, 3.05) is 81.0 Å². The summed E-state index contributed by atoms with van der Waals surface area (Å²) in [6.07, 6.45) is 10.4. The van der Waals surface area contributed by atoms with Gasteiger partial charge in [0.1, 0.15) is 23.5 Å². The van der Waals surface area contributed by atoms with E-state index in [1.807, 2.05) is 87.8 Å². The van der Waals surface area contributed by atoms with Gasteiger partial charge in [0.25, 0.3) is 0 Å². The molecular weight excluding hydrogens is 1040 g/mol. The van der Waals surface area contributed by atoms with Gasteiger partial charge in [-0.2, -0.15) is 0 Å². The molecule has 0 radical (unpaired) electrons. The van der Waals surface area contributed by atoms with Gasteiger partial charge in [-0.05, 0) is 132 Å². The molecule has 2 aromatic carbocycles. The van der Waals surface area contributed by atoms with E-state index in [0.29, 0.717) is 41.7 Å². The number of piperazine rings is 1. The maximum Gasteiger partial charge on any atom is 0.243 e. The van der Waals surface area contributed by atoms with Crippen LogP contribution in [0.2, 0.25) is 0 Å². The monoisotopic (exact) mass is 1130 g/mol. The molecule has 6 saturated heterocycles. The Bertz CT molecular complexity index is 2970. The van der Waals surface area contributed by atoms with Gasteiger partial charge in [-0.15, -0.1) is 11.3 Å². The number of ether oxygens (including phenoxy) is 1. The lowest BCUT2D eigenvalue weighted by atomic mass is 9.84. The first kappa shape index (κ1) is 55.5. The Morgan fingerprint density at radius 2 is 1.56 bits per heavy atom. The number of hydrogen-bond donors (Lipinski definition) is 5. The number of H-pyrrole nitrogens is 1. The second-order valence-electron chi connectivity index (χ2n) is 25.0. The second-order valence-corrected chi connectivity index (χ2v) is 25.8. The fraction of sp³-hybridized carbons (Fsp3) is 0.597. The summed E-state index contributed by atoms with van der Waals surface area (Å²) < 4.78 is 12.7. The van der Waals surface area contributed by atoms with Crippen LogP contribution >= 0.6 is 11.3 Å². The zero-order valence-corrected chi connectivity index (χ0v) is 48.4. The van der Waals surface area contributed by atoms with Gasteiger partial charge >= 0.3 is 0 Å². The number of aromatic amines is 1. The van der Waals surface area contributed by atoms with Crippen molar-refractivity contribution >= 4 is 46.4 Å². The van der Waals surface area contributed by atoms with Gasteiger partial charge in [-0.25, -0.2) is 4.98 Å². The fourth-order valence-corrected chi connectivity index (χ4v) is 15.4. The maximum atomic E-state index is 14.4. The number of nitrogens with two attached hydrogens (primary N) is 1. The Labute approximate surface area is 480 Å². The van der Waals surface area contributed by atoms with E-state index in [1.54, 1.807) is 22.3 Å². The Morgan fingerprint density at radius 3 is 2.23 bits per heavy atom. The number of carbonyl (C=O) groups excluding carboxylic acids is 3. The molecule has 6 atom stereocenters.